The number of cyclic esters (lactones) is 1. The highest BCUT2D eigenvalue weighted by Crippen LogP contribution is 2.22. The zero-order valence-corrected chi connectivity index (χ0v) is 13.1. The van der Waals surface area contributed by atoms with Gasteiger partial charge in [-0.3, -0.25) is 0 Å². The van der Waals surface area contributed by atoms with E-state index in [4.69, 9.17) is 9.47 Å². The summed E-state index contributed by atoms with van der Waals surface area (Å²) in [5.41, 5.74) is 3.27. The molecule has 0 saturated carbocycles. The molecule has 3 rings (SSSR count). The first-order valence-corrected chi connectivity index (χ1v) is 7.36. The van der Waals surface area contributed by atoms with Gasteiger partial charge in [0.2, 0.25) is 5.90 Å². The van der Waals surface area contributed by atoms with Crippen molar-refractivity contribution in [1.29, 1.82) is 0 Å². The molecule has 0 unspecified atom stereocenters. The molecule has 0 N–H and O–H groups in total. The summed E-state index contributed by atoms with van der Waals surface area (Å²) in [7, 11) is 1.63. The lowest BCUT2D eigenvalue weighted by molar-refractivity contribution is -0.130. The second-order valence-corrected chi connectivity index (χ2v) is 5.32. The fraction of sp³-hybridized carbons (Fsp3) is 0.158. The lowest BCUT2D eigenvalue weighted by Gasteiger charge is -2.04. The minimum absolute atomic E-state index is 0.320. The topological polar surface area (TPSA) is 47.9 Å². The van der Waals surface area contributed by atoms with Crippen molar-refractivity contribution < 1.29 is 14.3 Å². The van der Waals surface area contributed by atoms with Crippen molar-refractivity contribution in [2.24, 2.45) is 4.99 Å². The molecular formula is C19H17NO3. The smallest absolute Gasteiger partial charge is 0.363 e. The molecular weight excluding hydrogens is 290 g/mol. The third-order valence-corrected chi connectivity index (χ3v) is 3.59. The summed E-state index contributed by atoms with van der Waals surface area (Å²) < 4.78 is 10.5. The summed E-state index contributed by atoms with van der Waals surface area (Å²) in [6, 6.07) is 15.5. The van der Waals surface area contributed by atoms with Crippen LogP contribution in [0.5, 0.6) is 5.75 Å². The second kappa shape index (κ2) is 6.48. The zero-order chi connectivity index (χ0) is 16.2. The van der Waals surface area contributed by atoms with E-state index in [1.165, 1.54) is 0 Å². The van der Waals surface area contributed by atoms with E-state index < -0.39 is 5.97 Å². The number of rotatable bonds is 4. The van der Waals surface area contributed by atoms with E-state index in [0.717, 1.165) is 22.4 Å². The van der Waals surface area contributed by atoms with Crippen molar-refractivity contribution in [2.45, 2.75) is 13.3 Å². The molecule has 1 aliphatic rings. The fourth-order valence-corrected chi connectivity index (χ4v) is 2.45. The van der Waals surface area contributed by atoms with Crippen molar-refractivity contribution in [3.05, 3.63) is 70.9 Å². The van der Waals surface area contributed by atoms with Crippen LogP contribution in [0.3, 0.4) is 0 Å². The number of benzene rings is 2. The van der Waals surface area contributed by atoms with Gasteiger partial charge in [0.05, 0.1) is 7.11 Å². The Labute approximate surface area is 135 Å². The van der Waals surface area contributed by atoms with Crippen LogP contribution in [0.25, 0.3) is 6.08 Å². The predicted molar refractivity (Wildman–Crippen MR) is 89.4 cm³/mol. The highest BCUT2D eigenvalue weighted by atomic mass is 16.6. The molecule has 0 amide bonds. The molecule has 0 fully saturated rings. The molecule has 4 heteroatoms. The molecule has 0 saturated heterocycles. The summed E-state index contributed by atoms with van der Waals surface area (Å²) in [5, 5.41) is 0. The first kappa shape index (κ1) is 15.0. The lowest BCUT2D eigenvalue weighted by Crippen LogP contribution is -2.06. The first-order chi connectivity index (χ1) is 11.2. The number of hydrogen-bond donors (Lipinski definition) is 0. The number of carbonyl (C=O) groups excluding carboxylic acids is 1. The number of aryl methyl sites for hydroxylation is 1. The summed E-state index contributed by atoms with van der Waals surface area (Å²) >= 11 is 0. The standard InChI is InChI=1S/C19H17NO3/c1-13-10-15(8-9-17(13)22-2)11-16-19(21)23-18(20-16)12-14-6-4-3-5-7-14/h3-11H,12H2,1-2H3/b16-11+. The molecule has 0 aromatic heterocycles. The average molecular weight is 307 g/mol. The quantitative estimate of drug-likeness (QED) is 0.641. The largest absolute Gasteiger partial charge is 0.496 e. The molecule has 23 heavy (non-hydrogen) atoms. The Morgan fingerprint density at radius 2 is 1.96 bits per heavy atom. The molecule has 0 bridgehead atoms. The van der Waals surface area contributed by atoms with Crippen molar-refractivity contribution >= 4 is 17.9 Å². The lowest BCUT2D eigenvalue weighted by atomic mass is 10.1. The third-order valence-electron chi connectivity index (χ3n) is 3.59. The number of hydrogen-bond acceptors (Lipinski definition) is 4. The maximum absolute atomic E-state index is 12.0. The summed E-state index contributed by atoms with van der Waals surface area (Å²) in [4.78, 5) is 16.3. The average Bonchev–Trinajstić information content (AvgIpc) is 2.88. The predicted octanol–water partition coefficient (Wildman–Crippen LogP) is 3.54. The Kier molecular flexibility index (Phi) is 4.24. The minimum Gasteiger partial charge on any atom is -0.496 e. The molecule has 0 radical (unpaired) electrons. The molecule has 2 aromatic rings. The summed E-state index contributed by atoms with van der Waals surface area (Å²) in [5.74, 6) is 0.830. The SMILES string of the molecule is COc1ccc(/C=C2/N=C(Cc3ccccc3)OC2=O)cc1C. The number of methoxy groups -OCH3 is 1. The van der Waals surface area contributed by atoms with Gasteiger partial charge in [-0.15, -0.1) is 0 Å². The molecule has 0 aliphatic carbocycles. The van der Waals surface area contributed by atoms with Crippen LogP contribution in [-0.4, -0.2) is 19.0 Å². The van der Waals surface area contributed by atoms with Crippen LogP contribution in [0.1, 0.15) is 16.7 Å². The Morgan fingerprint density at radius 3 is 2.65 bits per heavy atom. The van der Waals surface area contributed by atoms with Crippen LogP contribution in [0.2, 0.25) is 0 Å². The molecule has 2 aromatic carbocycles. The van der Waals surface area contributed by atoms with E-state index in [1.54, 1.807) is 13.2 Å². The van der Waals surface area contributed by atoms with Crippen LogP contribution in [-0.2, 0) is 16.0 Å². The maximum Gasteiger partial charge on any atom is 0.363 e. The Balaban J connectivity index is 1.82. The molecule has 1 heterocycles. The van der Waals surface area contributed by atoms with E-state index in [0.29, 0.717) is 18.0 Å². The Hall–Kier alpha value is -2.88. The van der Waals surface area contributed by atoms with Crippen LogP contribution >= 0.6 is 0 Å². The highest BCUT2D eigenvalue weighted by molar-refractivity contribution is 6.07. The van der Waals surface area contributed by atoms with E-state index in [1.807, 2.05) is 55.5 Å². The summed E-state index contributed by atoms with van der Waals surface area (Å²) in [6.07, 6.45) is 2.23. The fourth-order valence-electron chi connectivity index (χ4n) is 2.45. The van der Waals surface area contributed by atoms with Crippen LogP contribution in [0.4, 0.5) is 0 Å². The van der Waals surface area contributed by atoms with Crippen molar-refractivity contribution in [2.75, 3.05) is 7.11 Å². The van der Waals surface area contributed by atoms with Gasteiger partial charge in [0.25, 0.3) is 0 Å². The van der Waals surface area contributed by atoms with Crippen molar-refractivity contribution in [1.82, 2.24) is 0 Å². The number of aliphatic imine (C=N–C) groups is 1. The number of nitrogens with zero attached hydrogens (tertiary/aromatic N) is 1. The molecule has 1 aliphatic heterocycles. The number of carbonyl (C=O) groups is 1. The molecule has 116 valence electrons. The zero-order valence-electron chi connectivity index (χ0n) is 13.1. The Morgan fingerprint density at radius 1 is 1.17 bits per heavy atom. The monoisotopic (exact) mass is 307 g/mol. The highest BCUT2D eigenvalue weighted by Gasteiger charge is 2.22. The van der Waals surface area contributed by atoms with Crippen LogP contribution in [0.15, 0.2) is 59.2 Å². The van der Waals surface area contributed by atoms with Crippen LogP contribution < -0.4 is 4.74 Å². The van der Waals surface area contributed by atoms with Gasteiger partial charge >= 0.3 is 5.97 Å². The normalized spacial score (nSPS) is 15.5. The first-order valence-electron chi connectivity index (χ1n) is 7.36. The van der Waals surface area contributed by atoms with Gasteiger partial charge in [0.15, 0.2) is 5.70 Å². The van der Waals surface area contributed by atoms with Gasteiger partial charge in [-0.1, -0.05) is 36.4 Å². The van der Waals surface area contributed by atoms with Crippen molar-refractivity contribution in [3.8, 4) is 5.75 Å². The van der Waals surface area contributed by atoms with Gasteiger partial charge in [-0.25, -0.2) is 9.79 Å². The van der Waals surface area contributed by atoms with E-state index in [9.17, 15) is 4.79 Å². The summed E-state index contributed by atoms with van der Waals surface area (Å²) in [6.45, 7) is 1.96. The maximum atomic E-state index is 12.0. The second-order valence-electron chi connectivity index (χ2n) is 5.32. The number of esters is 1. The van der Waals surface area contributed by atoms with E-state index in [-0.39, 0.29) is 0 Å². The van der Waals surface area contributed by atoms with Gasteiger partial charge in [-0.2, -0.15) is 0 Å². The van der Waals surface area contributed by atoms with Gasteiger partial charge in [-0.05, 0) is 41.8 Å². The van der Waals surface area contributed by atoms with E-state index >= 15 is 0 Å². The van der Waals surface area contributed by atoms with Gasteiger partial charge in [0, 0.05) is 6.42 Å². The van der Waals surface area contributed by atoms with Crippen LogP contribution in [0, 0.1) is 6.92 Å². The van der Waals surface area contributed by atoms with Gasteiger partial charge in [0.1, 0.15) is 5.75 Å². The minimum atomic E-state index is -0.413. The molecule has 0 atom stereocenters. The third kappa shape index (κ3) is 3.48. The van der Waals surface area contributed by atoms with Crippen molar-refractivity contribution in [3.63, 3.8) is 0 Å². The molecule has 4 nitrogen and oxygen atoms in total. The van der Waals surface area contributed by atoms with E-state index in [2.05, 4.69) is 4.99 Å². The number of ether oxygens (including phenoxy) is 2. The van der Waals surface area contributed by atoms with Gasteiger partial charge < -0.3 is 9.47 Å². The molecule has 0 spiro atoms. The Bertz CT molecular complexity index is 792.